The molecule has 1 aliphatic heterocycles. The van der Waals surface area contributed by atoms with Crippen molar-refractivity contribution >= 4 is 23.3 Å². The van der Waals surface area contributed by atoms with E-state index in [-0.39, 0.29) is 5.91 Å². The third kappa shape index (κ3) is 3.83. The van der Waals surface area contributed by atoms with Crippen LogP contribution in [-0.4, -0.2) is 47.0 Å². The van der Waals surface area contributed by atoms with Crippen LogP contribution >= 0.6 is 11.6 Å². The Hall–Kier alpha value is -2.14. The third-order valence-electron chi connectivity index (χ3n) is 4.76. The number of anilines is 1. The van der Waals surface area contributed by atoms with Gasteiger partial charge in [0.15, 0.2) is 0 Å². The van der Waals surface area contributed by atoms with Crippen molar-refractivity contribution in [3.8, 4) is 0 Å². The van der Waals surface area contributed by atoms with Gasteiger partial charge in [-0.2, -0.15) is 0 Å². The van der Waals surface area contributed by atoms with E-state index < -0.39 is 0 Å². The first-order chi connectivity index (χ1) is 12.4. The van der Waals surface area contributed by atoms with Crippen LogP contribution in [0.1, 0.15) is 47.2 Å². The lowest BCUT2D eigenvalue weighted by Crippen LogP contribution is -2.49. The largest absolute Gasteiger partial charge is 0.353 e. The number of amides is 1. The molecule has 6 heteroatoms. The first kappa shape index (κ1) is 18.6. The first-order valence-electron chi connectivity index (χ1n) is 9.01. The fraction of sp³-hybridized carbons (Fsp3) is 0.450. The molecule has 0 bridgehead atoms. The number of aryl methyl sites for hydroxylation is 2. The van der Waals surface area contributed by atoms with Crippen molar-refractivity contribution in [3.05, 3.63) is 51.9 Å². The molecule has 3 rings (SSSR count). The summed E-state index contributed by atoms with van der Waals surface area (Å²) >= 11 is 5.91. The summed E-state index contributed by atoms with van der Waals surface area (Å²) < 4.78 is 0. The lowest BCUT2D eigenvalue weighted by molar-refractivity contribution is 0.0746. The molecule has 1 aromatic heterocycles. The van der Waals surface area contributed by atoms with Gasteiger partial charge in [-0.1, -0.05) is 25.4 Å². The van der Waals surface area contributed by atoms with E-state index in [4.69, 9.17) is 16.6 Å². The minimum atomic E-state index is 0.0560. The van der Waals surface area contributed by atoms with Crippen molar-refractivity contribution < 1.29 is 4.79 Å². The summed E-state index contributed by atoms with van der Waals surface area (Å²) in [5.74, 6) is 2.23. The topological polar surface area (TPSA) is 49.3 Å². The molecule has 0 saturated carbocycles. The number of benzene rings is 1. The van der Waals surface area contributed by atoms with E-state index in [2.05, 4.69) is 23.7 Å². The van der Waals surface area contributed by atoms with Gasteiger partial charge in [-0.25, -0.2) is 9.97 Å². The van der Waals surface area contributed by atoms with E-state index in [1.54, 1.807) is 24.3 Å². The molecule has 0 spiro atoms. The van der Waals surface area contributed by atoms with E-state index in [0.29, 0.717) is 29.6 Å². The molecule has 1 amide bonds. The van der Waals surface area contributed by atoms with Crippen molar-refractivity contribution in [3.63, 3.8) is 0 Å². The molecule has 0 N–H and O–H groups in total. The van der Waals surface area contributed by atoms with Gasteiger partial charge in [0.25, 0.3) is 5.91 Å². The predicted molar refractivity (Wildman–Crippen MR) is 105 cm³/mol. The Bertz CT molecular complexity index is 796. The zero-order chi connectivity index (χ0) is 18.8. The second kappa shape index (κ2) is 7.62. The number of piperazine rings is 1. The molecule has 0 aliphatic carbocycles. The second-order valence-electron chi connectivity index (χ2n) is 7.03. The van der Waals surface area contributed by atoms with Crippen LogP contribution in [-0.2, 0) is 0 Å². The fourth-order valence-corrected chi connectivity index (χ4v) is 3.64. The van der Waals surface area contributed by atoms with Gasteiger partial charge in [0, 0.05) is 48.0 Å². The minimum absolute atomic E-state index is 0.0560. The molecule has 138 valence electrons. The maximum atomic E-state index is 12.7. The van der Waals surface area contributed by atoms with Crippen LogP contribution in [0.2, 0.25) is 5.02 Å². The van der Waals surface area contributed by atoms with Gasteiger partial charge in [0.1, 0.15) is 11.6 Å². The molecular weight excluding hydrogens is 348 g/mol. The smallest absolute Gasteiger partial charge is 0.253 e. The highest BCUT2D eigenvalue weighted by Gasteiger charge is 2.26. The Morgan fingerprint density at radius 1 is 1.04 bits per heavy atom. The molecule has 0 radical (unpaired) electrons. The van der Waals surface area contributed by atoms with Crippen molar-refractivity contribution in [2.75, 3.05) is 31.1 Å². The Morgan fingerprint density at radius 3 is 2.23 bits per heavy atom. The number of hydrogen-bond donors (Lipinski definition) is 0. The van der Waals surface area contributed by atoms with Crippen LogP contribution in [0.15, 0.2) is 24.3 Å². The standard InChI is InChI=1S/C20H25ClN4O/c1-13(2)18-14(3)22-15(4)23-19(18)24-9-11-25(12-10-24)20(26)16-5-7-17(21)8-6-16/h5-8,13H,9-12H2,1-4H3. The highest BCUT2D eigenvalue weighted by Crippen LogP contribution is 2.29. The number of rotatable bonds is 3. The Labute approximate surface area is 160 Å². The van der Waals surface area contributed by atoms with E-state index in [9.17, 15) is 4.79 Å². The molecule has 2 aromatic rings. The molecule has 1 aromatic carbocycles. The van der Waals surface area contributed by atoms with Gasteiger partial charge in [0.2, 0.25) is 0 Å². The number of nitrogens with zero attached hydrogens (tertiary/aromatic N) is 4. The van der Waals surface area contributed by atoms with Crippen LogP contribution in [0, 0.1) is 13.8 Å². The van der Waals surface area contributed by atoms with E-state index in [1.165, 1.54) is 5.56 Å². The van der Waals surface area contributed by atoms with E-state index in [1.807, 2.05) is 18.7 Å². The SMILES string of the molecule is Cc1nc(C)c(C(C)C)c(N2CCN(C(=O)c3ccc(Cl)cc3)CC2)n1. The average molecular weight is 373 g/mol. The zero-order valence-corrected chi connectivity index (χ0v) is 16.5. The molecule has 2 heterocycles. The van der Waals surface area contributed by atoms with Crippen LogP contribution in [0.4, 0.5) is 5.82 Å². The minimum Gasteiger partial charge on any atom is -0.353 e. The zero-order valence-electron chi connectivity index (χ0n) is 15.8. The van der Waals surface area contributed by atoms with Crippen LogP contribution < -0.4 is 4.90 Å². The van der Waals surface area contributed by atoms with E-state index in [0.717, 1.165) is 30.4 Å². The second-order valence-corrected chi connectivity index (χ2v) is 7.47. The monoisotopic (exact) mass is 372 g/mol. The summed E-state index contributed by atoms with van der Waals surface area (Å²) in [5.41, 5.74) is 2.93. The summed E-state index contributed by atoms with van der Waals surface area (Å²) in [6.07, 6.45) is 0. The molecule has 5 nitrogen and oxygen atoms in total. The van der Waals surface area contributed by atoms with Crippen LogP contribution in [0.25, 0.3) is 0 Å². The molecule has 0 unspecified atom stereocenters. The average Bonchev–Trinajstić information content (AvgIpc) is 2.61. The highest BCUT2D eigenvalue weighted by molar-refractivity contribution is 6.30. The van der Waals surface area contributed by atoms with Gasteiger partial charge in [-0.05, 0) is 44.0 Å². The molecule has 0 atom stereocenters. The van der Waals surface area contributed by atoms with Gasteiger partial charge in [-0.3, -0.25) is 4.79 Å². The molecule has 26 heavy (non-hydrogen) atoms. The summed E-state index contributed by atoms with van der Waals surface area (Å²) in [6, 6.07) is 7.08. The van der Waals surface area contributed by atoms with Crippen LogP contribution in [0.5, 0.6) is 0 Å². The molecular formula is C20H25ClN4O. The third-order valence-corrected chi connectivity index (χ3v) is 5.01. The summed E-state index contributed by atoms with van der Waals surface area (Å²) in [5, 5.41) is 0.641. The van der Waals surface area contributed by atoms with Gasteiger partial charge >= 0.3 is 0 Å². The maximum absolute atomic E-state index is 12.7. The Morgan fingerprint density at radius 2 is 1.65 bits per heavy atom. The summed E-state index contributed by atoms with van der Waals surface area (Å²) in [4.78, 5) is 26.1. The molecule has 1 saturated heterocycles. The van der Waals surface area contributed by atoms with Crippen molar-refractivity contribution in [2.45, 2.75) is 33.6 Å². The maximum Gasteiger partial charge on any atom is 0.253 e. The lowest BCUT2D eigenvalue weighted by Gasteiger charge is -2.37. The number of hydrogen-bond acceptors (Lipinski definition) is 4. The summed E-state index contributed by atoms with van der Waals surface area (Å²) in [6.45, 7) is 11.2. The quantitative estimate of drug-likeness (QED) is 0.821. The number of carbonyl (C=O) groups excluding carboxylic acids is 1. The Kier molecular flexibility index (Phi) is 5.47. The summed E-state index contributed by atoms with van der Waals surface area (Å²) in [7, 11) is 0. The van der Waals surface area contributed by atoms with Crippen molar-refractivity contribution in [2.24, 2.45) is 0 Å². The normalized spacial score (nSPS) is 14.8. The number of carbonyl (C=O) groups is 1. The fourth-order valence-electron chi connectivity index (χ4n) is 3.52. The first-order valence-corrected chi connectivity index (χ1v) is 9.39. The van der Waals surface area contributed by atoms with Gasteiger partial charge in [-0.15, -0.1) is 0 Å². The molecule has 1 fully saturated rings. The Balaban J connectivity index is 1.75. The van der Waals surface area contributed by atoms with E-state index >= 15 is 0 Å². The number of aromatic nitrogens is 2. The van der Waals surface area contributed by atoms with Gasteiger partial charge < -0.3 is 9.80 Å². The van der Waals surface area contributed by atoms with Gasteiger partial charge in [0.05, 0.1) is 0 Å². The predicted octanol–water partition coefficient (Wildman–Crippen LogP) is 3.83. The highest BCUT2D eigenvalue weighted by atomic mass is 35.5. The number of halogens is 1. The molecule has 1 aliphatic rings. The van der Waals surface area contributed by atoms with Crippen molar-refractivity contribution in [1.82, 2.24) is 14.9 Å². The lowest BCUT2D eigenvalue weighted by atomic mass is 10.0. The van der Waals surface area contributed by atoms with Crippen molar-refractivity contribution in [1.29, 1.82) is 0 Å². The van der Waals surface area contributed by atoms with Crippen LogP contribution in [0.3, 0.4) is 0 Å².